The molecule has 8 heteroatoms. The molecule has 132 valence electrons. The molecule has 2 heterocycles. The number of nitrogens with one attached hydrogen (secondary N) is 1. The zero-order valence-corrected chi connectivity index (χ0v) is 14.5. The molecule has 1 N–H and O–H groups in total. The first-order valence-corrected chi connectivity index (χ1v) is 8.93. The molecule has 2 amide bonds. The molecule has 1 aliphatic heterocycles. The molecule has 24 heavy (non-hydrogen) atoms. The maximum Gasteiger partial charge on any atom is 0.273 e. The van der Waals surface area contributed by atoms with Crippen molar-refractivity contribution in [3.05, 3.63) is 17.1 Å². The van der Waals surface area contributed by atoms with E-state index in [1.807, 2.05) is 13.8 Å². The Kier molecular flexibility index (Phi) is 4.36. The van der Waals surface area contributed by atoms with E-state index in [1.165, 1.54) is 11.5 Å². The molecule has 2 fully saturated rings. The molecule has 3 rings (SSSR count). The van der Waals surface area contributed by atoms with Gasteiger partial charge in [-0.1, -0.05) is 13.8 Å². The van der Waals surface area contributed by atoms with Crippen molar-refractivity contribution in [3.63, 3.8) is 0 Å². The summed E-state index contributed by atoms with van der Waals surface area (Å²) in [7, 11) is 0. The summed E-state index contributed by atoms with van der Waals surface area (Å²) in [5, 5.41) is 4.37. The van der Waals surface area contributed by atoms with E-state index in [2.05, 4.69) is 9.69 Å². The van der Waals surface area contributed by atoms with Crippen molar-refractivity contribution >= 4 is 23.3 Å². The van der Waals surface area contributed by atoms with E-state index in [-0.39, 0.29) is 30.3 Å². The van der Waals surface area contributed by atoms with Crippen LogP contribution in [0.1, 0.15) is 43.6 Å². The van der Waals surface area contributed by atoms with Crippen LogP contribution in [-0.2, 0) is 4.79 Å². The Labute approximate surface area is 143 Å². The summed E-state index contributed by atoms with van der Waals surface area (Å²) >= 11 is 1.21. The number of halogens is 2. The van der Waals surface area contributed by atoms with Crippen molar-refractivity contribution in [2.24, 2.45) is 11.3 Å². The van der Waals surface area contributed by atoms with Crippen molar-refractivity contribution in [2.75, 3.05) is 13.1 Å². The summed E-state index contributed by atoms with van der Waals surface area (Å²) in [6.07, 6.45) is 1.40. The van der Waals surface area contributed by atoms with E-state index in [9.17, 15) is 18.4 Å². The minimum Gasteiger partial charge on any atom is -0.354 e. The van der Waals surface area contributed by atoms with Gasteiger partial charge in [-0.05, 0) is 35.9 Å². The largest absolute Gasteiger partial charge is 0.354 e. The predicted octanol–water partition coefficient (Wildman–Crippen LogP) is 2.55. The normalized spacial score (nSPS) is 27.6. The van der Waals surface area contributed by atoms with Gasteiger partial charge in [0.25, 0.3) is 11.8 Å². The average molecular weight is 357 g/mol. The molecule has 2 unspecified atom stereocenters. The fraction of sp³-hybridized carbons (Fsp3) is 0.688. The number of carbonyl (C=O) groups is 2. The number of hydrogen-bond donors (Lipinski definition) is 1. The molecule has 1 saturated carbocycles. The lowest BCUT2D eigenvalue weighted by molar-refractivity contribution is -0.125. The number of nitrogens with zero attached hydrogens (tertiary/aromatic N) is 2. The molecular formula is C16H21F2N3O2S. The van der Waals surface area contributed by atoms with Gasteiger partial charge >= 0.3 is 0 Å². The maximum absolute atomic E-state index is 13.0. The molecule has 2 atom stereocenters. The first kappa shape index (κ1) is 17.3. The second-order valence-electron chi connectivity index (χ2n) is 7.25. The number of rotatable bonds is 4. The summed E-state index contributed by atoms with van der Waals surface area (Å²) in [5.74, 6) is -4.88. The van der Waals surface area contributed by atoms with Gasteiger partial charge in [-0.25, -0.2) is 8.78 Å². The quantitative estimate of drug-likeness (QED) is 0.901. The zero-order chi connectivity index (χ0) is 17.5. The summed E-state index contributed by atoms with van der Waals surface area (Å²) in [6, 6.07) is 1.44. The number of likely N-dealkylation sites (tertiary alicyclic amines) is 1. The molecular weight excluding hydrogens is 336 g/mol. The van der Waals surface area contributed by atoms with Crippen LogP contribution >= 0.6 is 11.5 Å². The van der Waals surface area contributed by atoms with Crippen molar-refractivity contribution in [3.8, 4) is 0 Å². The minimum atomic E-state index is -2.87. The summed E-state index contributed by atoms with van der Waals surface area (Å²) in [6.45, 7) is 4.85. The highest BCUT2D eigenvalue weighted by Crippen LogP contribution is 2.48. The lowest BCUT2D eigenvalue weighted by Crippen LogP contribution is -2.57. The summed E-state index contributed by atoms with van der Waals surface area (Å²) < 4.78 is 30.1. The van der Waals surface area contributed by atoms with E-state index in [1.54, 1.807) is 16.3 Å². The highest BCUT2D eigenvalue weighted by Gasteiger charge is 2.61. The maximum atomic E-state index is 13.0. The Morgan fingerprint density at radius 2 is 2.17 bits per heavy atom. The van der Waals surface area contributed by atoms with Crippen LogP contribution in [0.5, 0.6) is 0 Å². The van der Waals surface area contributed by atoms with Crippen molar-refractivity contribution < 1.29 is 18.4 Å². The number of carbonyl (C=O) groups excluding carboxylic acids is 2. The Morgan fingerprint density at radius 3 is 2.75 bits per heavy atom. The Morgan fingerprint density at radius 1 is 1.46 bits per heavy atom. The van der Waals surface area contributed by atoms with Gasteiger partial charge in [0, 0.05) is 24.9 Å². The van der Waals surface area contributed by atoms with Crippen LogP contribution in [-0.4, -0.2) is 46.1 Å². The van der Waals surface area contributed by atoms with Crippen LogP contribution < -0.4 is 5.32 Å². The molecule has 2 aliphatic rings. The molecule has 1 saturated heterocycles. The predicted molar refractivity (Wildman–Crippen MR) is 86.0 cm³/mol. The summed E-state index contributed by atoms with van der Waals surface area (Å²) in [5.41, 5.74) is 0.186. The first-order chi connectivity index (χ1) is 11.2. The topological polar surface area (TPSA) is 62.3 Å². The lowest BCUT2D eigenvalue weighted by Gasteiger charge is -2.46. The fourth-order valence-electron chi connectivity index (χ4n) is 3.37. The van der Waals surface area contributed by atoms with Crippen LogP contribution in [0.3, 0.4) is 0 Å². The molecule has 0 spiro atoms. The van der Waals surface area contributed by atoms with Gasteiger partial charge in [-0.3, -0.25) is 9.59 Å². The van der Waals surface area contributed by atoms with Crippen molar-refractivity contribution in [1.29, 1.82) is 0 Å². The standard InChI is InChI=1S/C16H21F2N3O2S/c1-15(2)5-3-6-21(14(23)11-4-7-24-20-11)12(15)9-19-13(22)10-8-16(10,17)18/h4,7,10,12H,3,5-6,8-9H2,1-2H3,(H,19,22). The Bertz CT molecular complexity index is 633. The second-order valence-corrected chi connectivity index (χ2v) is 7.92. The lowest BCUT2D eigenvalue weighted by atomic mass is 9.76. The van der Waals surface area contributed by atoms with Crippen LogP contribution in [0.25, 0.3) is 0 Å². The van der Waals surface area contributed by atoms with Gasteiger partial charge in [0.1, 0.15) is 11.6 Å². The number of alkyl halides is 2. The van der Waals surface area contributed by atoms with E-state index < -0.39 is 17.7 Å². The third-order valence-corrected chi connectivity index (χ3v) is 5.59. The molecule has 1 aliphatic carbocycles. The highest BCUT2D eigenvalue weighted by molar-refractivity contribution is 7.03. The Balaban J connectivity index is 1.70. The molecule has 0 radical (unpaired) electrons. The fourth-order valence-corrected chi connectivity index (χ4v) is 3.87. The number of amides is 2. The van der Waals surface area contributed by atoms with Gasteiger partial charge in [-0.2, -0.15) is 4.37 Å². The van der Waals surface area contributed by atoms with E-state index in [4.69, 9.17) is 0 Å². The van der Waals surface area contributed by atoms with Crippen molar-refractivity contribution in [1.82, 2.24) is 14.6 Å². The number of piperidine rings is 1. The van der Waals surface area contributed by atoms with Crippen LogP contribution in [0.2, 0.25) is 0 Å². The van der Waals surface area contributed by atoms with Gasteiger partial charge in [-0.15, -0.1) is 0 Å². The van der Waals surface area contributed by atoms with E-state index in [0.717, 1.165) is 12.8 Å². The zero-order valence-electron chi connectivity index (χ0n) is 13.7. The highest BCUT2D eigenvalue weighted by atomic mass is 32.1. The monoisotopic (exact) mass is 357 g/mol. The third-order valence-electron chi connectivity index (χ3n) is 5.03. The van der Waals surface area contributed by atoms with Gasteiger partial charge in [0.05, 0.1) is 6.04 Å². The van der Waals surface area contributed by atoms with Gasteiger partial charge in [0.2, 0.25) is 5.91 Å². The second kappa shape index (κ2) is 6.06. The molecule has 1 aromatic heterocycles. The van der Waals surface area contributed by atoms with Crippen LogP contribution in [0.4, 0.5) is 8.78 Å². The van der Waals surface area contributed by atoms with Crippen LogP contribution in [0.15, 0.2) is 11.4 Å². The smallest absolute Gasteiger partial charge is 0.273 e. The number of aromatic nitrogens is 1. The molecule has 5 nitrogen and oxygen atoms in total. The summed E-state index contributed by atoms with van der Waals surface area (Å²) in [4.78, 5) is 26.3. The third kappa shape index (κ3) is 3.29. The van der Waals surface area contributed by atoms with Gasteiger partial charge < -0.3 is 10.2 Å². The van der Waals surface area contributed by atoms with Crippen molar-refractivity contribution in [2.45, 2.75) is 45.1 Å². The SMILES string of the molecule is CC1(C)CCCN(C(=O)c2ccsn2)C1CNC(=O)C1CC1(F)F. The number of hydrogen-bond acceptors (Lipinski definition) is 4. The Hall–Kier alpha value is -1.57. The van der Waals surface area contributed by atoms with E-state index in [0.29, 0.717) is 12.2 Å². The minimum absolute atomic E-state index is 0.167. The first-order valence-electron chi connectivity index (χ1n) is 8.09. The van der Waals surface area contributed by atoms with Crippen LogP contribution in [0, 0.1) is 11.3 Å². The molecule has 1 aromatic rings. The molecule has 0 bridgehead atoms. The van der Waals surface area contributed by atoms with E-state index >= 15 is 0 Å². The molecule has 0 aromatic carbocycles. The average Bonchev–Trinajstić information content (AvgIpc) is 2.91. The van der Waals surface area contributed by atoms with Gasteiger partial charge in [0.15, 0.2) is 0 Å².